The van der Waals surface area contributed by atoms with E-state index in [1.54, 1.807) is 0 Å². The van der Waals surface area contributed by atoms with Crippen LogP contribution >= 0.6 is 11.3 Å². The minimum Gasteiger partial charge on any atom is -0.152 e. The molecule has 1 aromatic heterocycles. The average molecular weight is 210 g/mol. The van der Waals surface area contributed by atoms with Gasteiger partial charge in [-0.3, -0.25) is 0 Å². The zero-order valence-electron chi connectivity index (χ0n) is 9.46. The Kier molecular flexibility index (Phi) is 5.93. The van der Waals surface area contributed by atoms with Crippen LogP contribution in [0.25, 0.3) is 0 Å². The van der Waals surface area contributed by atoms with Gasteiger partial charge >= 0.3 is 0 Å². The fraction of sp³-hybridized carbons (Fsp3) is 0.692. The van der Waals surface area contributed by atoms with E-state index < -0.39 is 0 Å². The lowest BCUT2D eigenvalue weighted by Gasteiger charge is -2.08. The highest BCUT2D eigenvalue weighted by molar-refractivity contribution is 7.07. The van der Waals surface area contributed by atoms with Gasteiger partial charge in [-0.15, -0.1) is 0 Å². The van der Waals surface area contributed by atoms with Gasteiger partial charge in [0.15, 0.2) is 0 Å². The molecule has 1 rings (SSSR count). The summed E-state index contributed by atoms with van der Waals surface area (Å²) in [6.45, 7) is 4.62. The summed E-state index contributed by atoms with van der Waals surface area (Å²) in [7, 11) is 0. The number of rotatable bonds is 7. The van der Waals surface area contributed by atoms with Crippen LogP contribution in [0.3, 0.4) is 0 Å². The summed E-state index contributed by atoms with van der Waals surface area (Å²) in [5.74, 6) is 0.767. The number of hydrogen-bond donors (Lipinski definition) is 0. The lowest BCUT2D eigenvalue weighted by atomic mass is 9.97. The molecule has 0 aliphatic rings. The van der Waals surface area contributed by atoms with Crippen molar-refractivity contribution in [3.63, 3.8) is 0 Å². The van der Waals surface area contributed by atoms with Crippen LogP contribution in [0.4, 0.5) is 0 Å². The third-order valence-corrected chi connectivity index (χ3v) is 3.55. The van der Waals surface area contributed by atoms with Gasteiger partial charge in [-0.25, -0.2) is 0 Å². The van der Waals surface area contributed by atoms with Crippen LogP contribution in [0.1, 0.15) is 63.9 Å². The summed E-state index contributed by atoms with van der Waals surface area (Å²) in [6.07, 6.45) is 8.36. The van der Waals surface area contributed by atoms with Crippen molar-refractivity contribution in [3.05, 3.63) is 22.4 Å². The Labute approximate surface area is 92.4 Å². The van der Waals surface area contributed by atoms with E-state index in [-0.39, 0.29) is 0 Å². The molecule has 0 amide bonds. The second kappa shape index (κ2) is 7.05. The van der Waals surface area contributed by atoms with Crippen molar-refractivity contribution in [2.45, 2.75) is 58.3 Å². The molecule has 0 aliphatic carbocycles. The lowest BCUT2D eigenvalue weighted by molar-refractivity contribution is 0.567. The first-order chi connectivity index (χ1) is 6.84. The Balaban J connectivity index is 2.07. The average Bonchev–Trinajstić information content (AvgIpc) is 2.70. The van der Waals surface area contributed by atoms with E-state index in [2.05, 4.69) is 30.7 Å². The van der Waals surface area contributed by atoms with Crippen molar-refractivity contribution in [2.24, 2.45) is 0 Å². The van der Waals surface area contributed by atoms with E-state index in [9.17, 15) is 0 Å². The van der Waals surface area contributed by atoms with Crippen molar-refractivity contribution in [1.29, 1.82) is 0 Å². The molecule has 0 bridgehead atoms. The van der Waals surface area contributed by atoms with Crippen molar-refractivity contribution in [2.75, 3.05) is 0 Å². The molecule has 0 spiro atoms. The molecule has 0 fully saturated rings. The summed E-state index contributed by atoms with van der Waals surface area (Å²) >= 11 is 1.82. The number of hydrogen-bond acceptors (Lipinski definition) is 1. The molecule has 0 aromatic carbocycles. The summed E-state index contributed by atoms with van der Waals surface area (Å²) in [4.78, 5) is 0. The largest absolute Gasteiger partial charge is 0.152 e. The highest BCUT2D eigenvalue weighted by Crippen LogP contribution is 2.23. The van der Waals surface area contributed by atoms with Crippen molar-refractivity contribution >= 4 is 11.3 Å². The maximum Gasteiger partial charge on any atom is -0.00585 e. The Morgan fingerprint density at radius 3 is 2.64 bits per heavy atom. The molecule has 14 heavy (non-hydrogen) atoms. The number of unbranched alkanes of at least 4 members (excludes halogenated alkanes) is 4. The van der Waals surface area contributed by atoms with E-state index in [1.165, 1.54) is 44.1 Å². The molecule has 1 atom stereocenters. The first-order valence-electron chi connectivity index (χ1n) is 5.86. The Bertz CT molecular complexity index is 213. The first kappa shape index (κ1) is 11.8. The predicted octanol–water partition coefficient (Wildman–Crippen LogP) is 5.21. The van der Waals surface area contributed by atoms with E-state index >= 15 is 0 Å². The molecule has 1 unspecified atom stereocenters. The Hall–Kier alpha value is -0.300. The van der Waals surface area contributed by atoms with Crippen LogP contribution in [-0.4, -0.2) is 0 Å². The molecule has 0 saturated heterocycles. The van der Waals surface area contributed by atoms with Crippen LogP contribution in [-0.2, 0) is 0 Å². The molecule has 1 aromatic rings. The monoisotopic (exact) mass is 210 g/mol. The Morgan fingerprint density at radius 2 is 2.00 bits per heavy atom. The minimum absolute atomic E-state index is 0.767. The first-order valence-corrected chi connectivity index (χ1v) is 6.81. The molecule has 0 N–H and O–H groups in total. The maximum atomic E-state index is 2.35. The van der Waals surface area contributed by atoms with Crippen molar-refractivity contribution < 1.29 is 0 Å². The van der Waals surface area contributed by atoms with Crippen LogP contribution < -0.4 is 0 Å². The van der Waals surface area contributed by atoms with Crippen LogP contribution in [0.5, 0.6) is 0 Å². The highest BCUT2D eigenvalue weighted by atomic mass is 32.1. The molecule has 1 heterocycles. The normalized spacial score (nSPS) is 13.0. The summed E-state index contributed by atoms with van der Waals surface area (Å²) in [6, 6.07) is 2.27. The molecule has 1 heteroatoms. The van der Waals surface area contributed by atoms with Gasteiger partial charge in [-0.05, 0) is 34.7 Å². The van der Waals surface area contributed by atoms with Gasteiger partial charge in [0.2, 0.25) is 0 Å². The minimum atomic E-state index is 0.767. The summed E-state index contributed by atoms with van der Waals surface area (Å²) in [5, 5.41) is 4.47. The van der Waals surface area contributed by atoms with Gasteiger partial charge in [-0.1, -0.05) is 46.0 Å². The lowest BCUT2D eigenvalue weighted by Crippen LogP contribution is -1.91. The van der Waals surface area contributed by atoms with Crippen molar-refractivity contribution in [3.8, 4) is 0 Å². The van der Waals surface area contributed by atoms with E-state index in [1.807, 2.05) is 11.3 Å². The third kappa shape index (κ3) is 4.28. The smallest absolute Gasteiger partial charge is 0.00585 e. The SMILES string of the molecule is CCCCCCCC(C)c1ccsc1. The molecular formula is C13H22S. The van der Waals surface area contributed by atoms with Crippen LogP contribution in [0.2, 0.25) is 0 Å². The van der Waals surface area contributed by atoms with Gasteiger partial charge in [-0.2, -0.15) is 11.3 Å². The molecule has 0 saturated carbocycles. The van der Waals surface area contributed by atoms with Crippen LogP contribution in [0.15, 0.2) is 16.8 Å². The standard InChI is InChI=1S/C13H22S/c1-3-4-5-6-7-8-12(2)13-9-10-14-11-13/h9-12H,3-8H2,1-2H3. The summed E-state index contributed by atoms with van der Waals surface area (Å²) in [5.41, 5.74) is 1.53. The van der Waals surface area contributed by atoms with Gasteiger partial charge in [0, 0.05) is 0 Å². The van der Waals surface area contributed by atoms with Gasteiger partial charge in [0.25, 0.3) is 0 Å². The van der Waals surface area contributed by atoms with Crippen LogP contribution in [0, 0.1) is 0 Å². The maximum absolute atomic E-state index is 2.35. The van der Waals surface area contributed by atoms with E-state index in [0.29, 0.717) is 0 Å². The van der Waals surface area contributed by atoms with Gasteiger partial charge in [0.05, 0.1) is 0 Å². The fourth-order valence-electron chi connectivity index (χ4n) is 1.78. The summed E-state index contributed by atoms with van der Waals surface area (Å²) < 4.78 is 0. The fourth-order valence-corrected chi connectivity index (χ4v) is 2.56. The van der Waals surface area contributed by atoms with E-state index in [0.717, 1.165) is 5.92 Å². The van der Waals surface area contributed by atoms with Crippen molar-refractivity contribution in [1.82, 2.24) is 0 Å². The molecule has 0 aliphatic heterocycles. The second-order valence-corrected chi connectivity index (χ2v) is 4.94. The quantitative estimate of drug-likeness (QED) is 0.542. The topological polar surface area (TPSA) is 0 Å². The van der Waals surface area contributed by atoms with Gasteiger partial charge < -0.3 is 0 Å². The predicted molar refractivity (Wildman–Crippen MR) is 66.1 cm³/mol. The third-order valence-electron chi connectivity index (χ3n) is 2.85. The molecule has 0 nitrogen and oxygen atoms in total. The van der Waals surface area contributed by atoms with Gasteiger partial charge in [0.1, 0.15) is 0 Å². The van der Waals surface area contributed by atoms with E-state index in [4.69, 9.17) is 0 Å². The number of thiophene rings is 1. The zero-order valence-corrected chi connectivity index (χ0v) is 10.3. The molecule has 0 radical (unpaired) electrons. The molecular weight excluding hydrogens is 188 g/mol. The zero-order chi connectivity index (χ0) is 10.2. The Morgan fingerprint density at radius 1 is 1.21 bits per heavy atom. The second-order valence-electron chi connectivity index (χ2n) is 4.16. The highest BCUT2D eigenvalue weighted by Gasteiger charge is 2.04. The molecule has 80 valence electrons.